The van der Waals surface area contributed by atoms with Crippen molar-refractivity contribution in [1.29, 1.82) is 0 Å². The van der Waals surface area contributed by atoms with Crippen LogP contribution in [0.2, 0.25) is 0 Å². The number of rotatable bonds is 6. The van der Waals surface area contributed by atoms with E-state index in [1.165, 1.54) is 6.07 Å². The van der Waals surface area contributed by atoms with Gasteiger partial charge in [0.25, 0.3) is 0 Å². The Hall–Kier alpha value is -2.30. The van der Waals surface area contributed by atoms with Crippen LogP contribution in [0.1, 0.15) is 11.1 Å². The van der Waals surface area contributed by atoms with E-state index < -0.39 is 6.61 Å². The number of ether oxygens (including phenoxy) is 2. The Morgan fingerprint density at radius 3 is 2.52 bits per heavy atom. The molecule has 0 aromatic heterocycles. The van der Waals surface area contributed by atoms with E-state index in [1.54, 1.807) is 25.3 Å². The number of aryl methyl sites for hydroxylation is 1. The first-order valence-corrected chi connectivity index (χ1v) is 6.51. The van der Waals surface area contributed by atoms with Gasteiger partial charge in [0, 0.05) is 6.54 Å². The van der Waals surface area contributed by atoms with Crippen LogP contribution in [-0.2, 0) is 6.54 Å². The Kier molecular flexibility index (Phi) is 4.98. The van der Waals surface area contributed by atoms with E-state index in [2.05, 4.69) is 10.1 Å². The second kappa shape index (κ2) is 6.92. The molecule has 0 aliphatic carbocycles. The Morgan fingerprint density at radius 2 is 1.86 bits per heavy atom. The zero-order chi connectivity index (χ0) is 15.2. The molecule has 0 aliphatic heterocycles. The molecular weight excluding hydrogens is 276 g/mol. The molecule has 0 spiro atoms. The minimum absolute atomic E-state index is 0.137. The average molecular weight is 293 g/mol. The summed E-state index contributed by atoms with van der Waals surface area (Å²) in [5.41, 5.74) is 2.58. The predicted molar refractivity (Wildman–Crippen MR) is 78.1 cm³/mol. The number of nitrogens with one attached hydrogen (secondary N) is 1. The monoisotopic (exact) mass is 293 g/mol. The summed E-state index contributed by atoms with van der Waals surface area (Å²) in [6, 6.07) is 12.4. The maximum Gasteiger partial charge on any atom is 0.387 e. The zero-order valence-corrected chi connectivity index (χ0v) is 11.9. The van der Waals surface area contributed by atoms with Gasteiger partial charge in [0.2, 0.25) is 0 Å². The van der Waals surface area contributed by atoms with Gasteiger partial charge >= 0.3 is 6.61 Å². The van der Waals surface area contributed by atoms with Crippen LogP contribution in [0, 0.1) is 6.92 Å². The van der Waals surface area contributed by atoms with Crippen LogP contribution in [0.4, 0.5) is 14.5 Å². The maximum absolute atomic E-state index is 12.3. The molecule has 0 aliphatic rings. The first-order valence-electron chi connectivity index (χ1n) is 6.51. The molecule has 1 N–H and O–H groups in total. The lowest BCUT2D eigenvalue weighted by Gasteiger charge is -2.13. The van der Waals surface area contributed by atoms with Gasteiger partial charge in [-0.2, -0.15) is 8.78 Å². The van der Waals surface area contributed by atoms with Gasteiger partial charge in [-0.15, -0.1) is 0 Å². The summed E-state index contributed by atoms with van der Waals surface area (Å²) in [6.07, 6.45) is 0. The molecule has 0 atom stereocenters. The molecule has 0 bridgehead atoms. The van der Waals surface area contributed by atoms with Gasteiger partial charge in [0.15, 0.2) is 0 Å². The molecule has 0 saturated carbocycles. The second-order valence-electron chi connectivity index (χ2n) is 4.53. The quantitative estimate of drug-likeness (QED) is 0.865. The van der Waals surface area contributed by atoms with Crippen molar-refractivity contribution in [3.8, 4) is 11.5 Å². The van der Waals surface area contributed by atoms with Crippen LogP contribution in [0.15, 0.2) is 42.5 Å². The normalized spacial score (nSPS) is 10.5. The number of halogens is 2. The van der Waals surface area contributed by atoms with Crippen LogP contribution in [0.3, 0.4) is 0 Å². The minimum atomic E-state index is -2.84. The predicted octanol–water partition coefficient (Wildman–Crippen LogP) is 4.22. The van der Waals surface area contributed by atoms with E-state index in [0.29, 0.717) is 12.2 Å². The fourth-order valence-corrected chi connectivity index (χ4v) is 2.06. The van der Waals surface area contributed by atoms with Gasteiger partial charge < -0.3 is 14.8 Å². The molecule has 21 heavy (non-hydrogen) atoms. The molecule has 3 nitrogen and oxygen atoms in total. The van der Waals surface area contributed by atoms with Crippen molar-refractivity contribution in [1.82, 2.24) is 0 Å². The lowest BCUT2D eigenvalue weighted by Crippen LogP contribution is -2.06. The molecule has 0 heterocycles. The number of methoxy groups -OCH3 is 1. The van der Waals surface area contributed by atoms with Gasteiger partial charge in [0.1, 0.15) is 11.5 Å². The molecule has 5 heteroatoms. The lowest BCUT2D eigenvalue weighted by atomic mass is 10.1. The summed E-state index contributed by atoms with van der Waals surface area (Å²) >= 11 is 0. The van der Waals surface area contributed by atoms with Crippen molar-refractivity contribution in [3.63, 3.8) is 0 Å². The van der Waals surface area contributed by atoms with E-state index >= 15 is 0 Å². The van der Waals surface area contributed by atoms with Crippen LogP contribution in [-0.4, -0.2) is 13.7 Å². The Morgan fingerprint density at radius 1 is 1.10 bits per heavy atom. The molecule has 0 unspecified atom stereocenters. The van der Waals surface area contributed by atoms with Gasteiger partial charge in [-0.1, -0.05) is 24.3 Å². The number of alkyl halides is 2. The first-order chi connectivity index (χ1) is 10.1. The van der Waals surface area contributed by atoms with E-state index in [4.69, 9.17) is 4.74 Å². The largest absolute Gasteiger partial charge is 0.496 e. The molecule has 0 amide bonds. The number of benzene rings is 2. The Bertz CT molecular complexity index is 603. The highest BCUT2D eigenvalue weighted by Crippen LogP contribution is 2.26. The topological polar surface area (TPSA) is 30.5 Å². The molecule has 2 aromatic carbocycles. The SMILES string of the molecule is COc1ccc(CNc2ccccc2OC(F)F)cc1C. The average Bonchev–Trinajstić information content (AvgIpc) is 2.46. The van der Waals surface area contributed by atoms with Crippen LogP contribution in [0.5, 0.6) is 11.5 Å². The minimum Gasteiger partial charge on any atom is -0.496 e. The smallest absolute Gasteiger partial charge is 0.387 e. The molecular formula is C16H17F2NO2. The molecule has 2 aromatic rings. The van der Waals surface area contributed by atoms with E-state index in [-0.39, 0.29) is 5.75 Å². The number of hydrogen-bond acceptors (Lipinski definition) is 3. The molecule has 2 rings (SSSR count). The highest BCUT2D eigenvalue weighted by atomic mass is 19.3. The summed E-state index contributed by atoms with van der Waals surface area (Å²) < 4.78 is 34.4. The summed E-state index contributed by atoms with van der Waals surface area (Å²) in [6.45, 7) is -0.374. The third-order valence-corrected chi connectivity index (χ3v) is 3.05. The molecule has 0 radical (unpaired) electrons. The number of para-hydroxylation sites is 2. The van der Waals surface area contributed by atoms with Crippen molar-refractivity contribution < 1.29 is 18.3 Å². The summed E-state index contributed by atoms with van der Waals surface area (Å²) in [5.74, 6) is 0.956. The van der Waals surface area contributed by atoms with Crippen LogP contribution >= 0.6 is 0 Å². The summed E-state index contributed by atoms with van der Waals surface area (Å²) in [4.78, 5) is 0. The van der Waals surface area contributed by atoms with Crippen molar-refractivity contribution >= 4 is 5.69 Å². The fourth-order valence-electron chi connectivity index (χ4n) is 2.06. The molecule has 0 saturated heterocycles. The zero-order valence-electron chi connectivity index (χ0n) is 11.9. The van der Waals surface area contributed by atoms with Gasteiger partial charge in [-0.05, 0) is 36.2 Å². The Balaban J connectivity index is 2.08. The summed E-state index contributed by atoms with van der Waals surface area (Å²) in [7, 11) is 1.62. The Labute approximate surface area is 122 Å². The highest BCUT2D eigenvalue weighted by Gasteiger charge is 2.09. The first kappa shape index (κ1) is 15.1. The molecule has 112 valence electrons. The second-order valence-corrected chi connectivity index (χ2v) is 4.53. The van der Waals surface area contributed by atoms with E-state index in [1.807, 2.05) is 25.1 Å². The van der Waals surface area contributed by atoms with Crippen molar-refractivity contribution in [3.05, 3.63) is 53.6 Å². The van der Waals surface area contributed by atoms with Crippen molar-refractivity contribution in [2.45, 2.75) is 20.1 Å². The van der Waals surface area contributed by atoms with Crippen LogP contribution < -0.4 is 14.8 Å². The standard InChI is InChI=1S/C16H17F2NO2/c1-11-9-12(7-8-14(11)20-2)10-19-13-5-3-4-6-15(13)21-16(17)18/h3-9,16,19H,10H2,1-2H3. The third-order valence-electron chi connectivity index (χ3n) is 3.05. The van der Waals surface area contributed by atoms with E-state index in [9.17, 15) is 8.78 Å². The molecule has 0 fully saturated rings. The van der Waals surface area contributed by atoms with E-state index in [0.717, 1.165) is 16.9 Å². The third kappa shape index (κ3) is 4.08. The van der Waals surface area contributed by atoms with Gasteiger partial charge in [-0.25, -0.2) is 0 Å². The van der Waals surface area contributed by atoms with Crippen LogP contribution in [0.25, 0.3) is 0 Å². The number of anilines is 1. The van der Waals surface area contributed by atoms with Gasteiger partial charge in [0.05, 0.1) is 12.8 Å². The lowest BCUT2D eigenvalue weighted by molar-refractivity contribution is -0.0493. The summed E-state index contributed by atoms with van der Waals surface area (Å²) in [5, 5.41) is 3.10. The number of hydrogen-bond donors (Lipinski definition) is 1. The fraction of sp³-hybridized carbons (Fsp3) is 0.250. The van der Waals surface area contributed by atoms with Gasteiger partial charge in [-0.3, -0.25) is 0 Å². The highest BCUT2D eigenvalue weighted by molar-refractivity contribution is 5.56. The van der Waals surface area contributed by atoms with Crippen molar-refractivity contribution in [2.24, 2.45) is 0 Å². The maximum atomic E-state index is 12.3. The van der Waals surface area contributed by atoms with Crippen molar-refractivity contribution in [2.75, 3.05) is 12.4 Å².